The number of furan rings is 1. The highest BCUT2D eigenvalue weighted by Crippen LogP contribution is 2.26. The van der Waals surface area contributed by atoms with E-state index in [-0.39, 0.29) is 17.7 Å². The minimum atomic E-state index is -0.788. The fourth-order valence-electron chi connectivity index (χ4n) is 2.94. The van der Waals surface area contributed by atoms with E-state index in [9.17, 15) is 9.59 Å². The van der Waals surface area contributed by atoms with Gasteiger partial charge in [0.05, 0.1) is 12.3 Å². The number of amides is 2. The molecular weight excluding hydrogens is 411 g/mol. The van der Waals surface area contributed by atoms with Crippen molar-refractivity contribution in [1.29, 1.82) is 0 Å². The first-order chi connectivity index (χ1) is 13.9. The van der Waals surface area contributed by atoms with Crippen LogP contribution in [-0.2, 0) is 11.2 Å². The van der Waals surface area contributed by atoms with E-state index >= 15 is 0 Å². The first-order valence-corrected chi connectivity index (χ1v) is 9.83. The molecule has 0 spiro atoms. The van der Waals surface area contributed by atoms with E-state index in [4.69, 9.17) is 27.6 Å². The Kier molecular flexibility index (Phi) is 6.96. The fraction of sp³-hybridized carbons (Fsp3) is 0.182. The van der Waals surface area contributed by atoms with E-state index < -0.39 is 11.9 Å². The van der Waals surface area contributed by atoms with Crippen molar-refractivity contribution in [2.24, 2.45) is 0 Å². The molecule has 0 saturated heterocycles. The van der Waals surface area contributed by atoms with Crippen LogP contribution in [-0.4, -0.2) is 17.9 Å². The van der Waals surface area contributed by atoms with Crippen molar-refractivity contribution in [3.63, 3.8) is 0 Å². The molecule has 150 valence electrons. The van der Waals surface area contributed by atoms with Crippen LogP contribution in [0.1, 0.15) is 34.6 Å². The molecule has 0 aliphatic heterocycles. The van der Waals surface area contributed by atoms with Crippen LogP contribution in [0.5, 0.6) is 0 Å². The predicted molar refractivity (Wildman–Crippen MR) is 113 cm³/mol. The third kappa shape index (κ3) is 5.62. The van der Waals surface area contributed by atoms with Crippen LogP contribution in [0.4, 0.5) is 0 Å². The summed E-state index contributed by atoms with van der Waals surface area (Å²) in [6.07, 6.45) is 1.74. The van der Waals surface area contributed by atoms with E-state index in [1.807, 2.05) is 37.3 Å². The largest absolute Gasteiger partial charge is 0.459 e. The minimum absolute atomic E-state index is 0.143. The summed E-state index contributed by atoms with van der Waals surface area (Å²) in [6, 6.07) is 16.6. The zero-order chi connectivity index (χ0) is 20.8. The average molecular weight is 431 g/mol. The molecule has 0 saturated carbocycles. The highest BCUT2D eigenvalue weighted by Gasteiger charge is 2.25. The minimum Gasteiger partial charge on any atom is -0.459 e. The second-order valence-electron chi connectivity index (χ2n) is 6.59. The van der Waals surface area contributed by atoms with Crippen LogP contribution < -0.4 is 10.6 Å². The van der Waals surface area contributed by atoms with Crippen LogP contribution >= 0.6 is 23.2 Å². The smallest absolute Gasteiger partial charge is 0.287 e. The van der Waals surface area contributed by atoms with Crippen molar-refractivity contribution < 1.29 is 14.0 Å². The van der Waals surface area contributed by atoms with E-state index in [0.717, 1.165) is 11.1 Å². The summed E-state index contributed by atoms with van der Waals surface area (Å²) in [5, 5.41) is 6.65. The van der Waals surface area contributed by atoms with Crippen LogP contribution in [0.15, 0.2) is 71.3 Å². The number of nitrogens with one attached hydrogen (secondary N) is 2. The first-order valence-electron chi connectivity index (χ1n) is 9.07. The molecule has 29 heavy (non-hydrogen) atoms. The number of carbonyl (C=O) groups is 2. The molecule has 2 N–H and O–H groups in total. The van der Waals surface area contributed by atoms with Gasteiger partial charge in [0.2, 0.25) is 5.91 Å². The molecule has 2 atom stereocenters. The van der Waals surface area contributed by atoms with Crippen molar-refractivity contribution in [3.05, 3.63) is 93.9 Å². The Hall–Kier alpha value is -2.76. The first kappa shape index (κ1) is 21.0. The molecule has 0 fully saturated rings. The monoisotopic (exact) mass is 430 g/mol. The standard InChI is InChI=1S/C22H20Cl2N2O3/c1-14(17-10-9-16(23)13-18(17)24)25-21(27)19(12-15-6-3-2-4-7-15)26-22(28)20-8-5-11-29-20/h2-11,13-14,19H,12H2,1H3,(H,25,27)(H,26,28). The Morgan fingerprint density at radius 1 is 1.00 bits per heavy atom. The highest BCUT2D eigenvalue weighted by atomic mass is 35.5. The Bertz CT molecular complexity index is 975. The number of halogens is 2. The average Bonchev–Trinajstić information content (AvgIpc) is 3.23. The summed E-state index contributed by atoms with van der Waals surface area (Å²) in [7, 11) is 0. The number of hydrogen-bond donors (Lipinski definition) is 2. The SMILES string of the molecule is CC(NC(=O)C(Cc1ccccc1)NC(=O)c1ccco1)c1ccc(Cl)cc1Cl. The molecule has 1 aromatic heterocycles. The molecular formula is C22H20Cl2N2O3. The second-order valence-corrected chi connectivity index (χ2v) is 7.43. The second kappa shape index (κ2) is 9.63. The molecule has 5 nitrogen and oxygen atoms in total. The fourth-order valence-corrected chi connectivity index (χ4v) is 3.51. The van der Waals surface area contributed by atoms with E-state index in [1.165, 1.54) is 6.26 Å². The third-order valence-electron chi connectivity index (χ3n) is 4.44. The van der Waals surface area contributed by atoms with Gasteiger partial charge in [-0.2, -0.15) is 0 Å². The van der Waals surface area contributed by atoms with Gasteiger partial charge in [-0.3, -0.25) is 9.59 Å². The normalized spacial score (nSPS) is 12.8. The van der Waals surface area contributed by atoms with Crippen molar-refractivity contribution >= 4 is 35.0 Å². The van der Waals surface area contributed by atoms with E-state index in [2.05, 4.69) is 10.6 Å². The van der Waals surface area contributed by atoms with Crippen LogP contribution in [0.25, 0.3) is 0 Å². The number of hydrogen-bond acceptors (Lipinski definition) is 3. The maximum Gasteiger partial charge on any atom is 0.287 e. The van der Waals surface area contributed by atoms with Gasteiger partial charge in [0.25, 0.3) is 5.91 Å². The Labute approximate surface area is 179 Å². The van der Waals surface area contributed by atoms with Gasteiger partial charge in [-0.1, -0.05) is 59.6 Å². The molecule has 3 aromatic rings. The number of carbonyl (C=O) groups excluding carboxylic acids is 2. The van der Waals surface area contributed by atoms with Crippen LogP contribution in [0, 0.1) is 0 Å². The molecule has 0 aliphatic rings. The lowest BCUT2D eigenvalue weighted by atomic mass is 10.0. The van der Waals surface area contributed by atoms with Gasteiger partial charge in [0.1, 0.15) is 6.04 Å². The van der Waals surface area contributed by atoms with Crippen molar-refractivity contribution in [2.45, 2.75) is 25.4 Å². The van der Waals surface area contributed by atoms with Gasteiger partial charge in [0, 0.05) is 16.5 Å². The van der Waals surface area contributed by atoms with Crippen molar-refractivity contribution in [3.8, 4) is 0 Å². The Morgan fingerprint density at radius 2 is 1.76 bits per heavy atom. The van der Waals surface area contributed by atoms with E-state index in [0.29, 0.717) is 16.5 Å². The molecule has 0 aliphatic carbocycles. The molecule has 7 heteroatoms. The topological polar surface area (TPSA) is 71.3 Å². The maximum absolute atomic E-state index is 13.0. The van der Waals surface area contributed by atoms with Crippen LogP contribution in [0.3, 0.4) is 0 Å². The quantitative estimate of drug-likeness (QED) is 0.564. The lowest BCUT2D eigenvalue weighted by Gasteiger charge is -2.22. The molecule has 0 radical (unpaired) electrons. The summed E-state index contributed by atoms with van der Waals surface area (Å²) < 4.78 is 5.13. The van der Waals surface area contributed by atoms with Crippen LogP contribution in [0.2, 0.25) is 10.0 Å². The van der Waals surface area contributed by atoms with Crippen molar-refractivity contribution in [1.82, 2.24) is 10.6 Å². The number of rotatable bonds is 7. The zero-order valence-corrected chi connectivity index (χ0v) is 17.2. The lowest BCUT2D eigenvalue weighted by Crippen LogP contribution is -2.48. The van der Waals surface area contributed by atoms with Gasteiger partial charge in [-0.25, -0.2) is 0 Å². The molecule has 0 bridgehead atoms. The van der Waals surface area contributed by atoms with Gasteiger partial charge in [-0.15, -0.1) is 0 Å². The molecule has 1 heterocycles. The van der Waals surface area contributed by atoms with Gasteiger partial charge in [-0.05, 0) is 42.3 Å². The lowest BCUT2D eigenvalue weighted by molar-refractivity contribution is -0.123. The summed E-state index contributed by atoms with van der Waals surface area (Å²) in [5.41, 5.74) is 1.66. The third-order valence-corrected chi connectivity index (χ3v) is 5.00. The van der Waals surface area contributed by atoms with Gasteiger partial charge >= 0.3 is 0 Å². The maximum atomic E-state index is 13.0. The Balaban J connectivity index is 1.76. The highest BCUT2D eigenvalue weighted by molar-refractivity contribution is 6.35. The zero-order valence-electron chi connectivity index (χ0n) is 15.7. The Morgan fingerprint density at radius 3 is 2.41 bits per heavy atom. The van der Waals surface area contributed by atoms with Gasteiger partial charge < -0.3 is 15.1 Å². The van der Waals surface area contributed by atoms with Gasteiger partial charge in [0.15, 0.2) is 5.76 Å². The summed E-state index contributed by atoms with van der Waals surface area (Å²) in [5.74, 6) is -0.639. The summed E-state index contributed by atoms with van der Waals surface area (Å²) in [6.45, 7) is 1.82. The molecule has 2 unspecified atom stereocenters. The van der Waals surface area contributed by atoms with Crippen molar-refractivity contribution in [2.75, 3.05) is 0 Å². The van der Waals surface area contributed by atoms with E-state index in [1.54, 1.807) is 30.3 Å². The molecule has 2 aromatic carbocycles. The summed E-state index contributed by atoms with van der Waals surface area (Å²) >= 11 is 12.2. The summed E-state index contributed by atoms with van der Waals surface area (Å²) in [4.78, 5) is 25.4. The predicted octanol–water partition coefficient (Wildman–Crippen LogP) is 4.80. The molecule has 2 amide bonds. The number of benzene rings is 2. The molecule has 3 rings (SSSR count).